The van der Waals surface area contributed by atoms with Gasteiger partial charge in [-0.15, -0.1) is 11.8 Å². The van der Waals surface area contributed by atoms with E-state index in [9.17, 15) is 0 Å². The number of likely N-dealkylation sites (tertiary alicyclic amines) is 1. The van der Waals surface area contributed by atoms with Gasteiger partial charge in [0.05, 0.1) is 4.75 Å². The fraction of sp³-hybridized carbons (Fsp3) is 0.125. The van der Waals surface area contributed by atoms with Gasteiger partial charge in [-0.05, 0) is 310 Å². The third-order valence-corrected chi connectivity index (χ3v) is 27.9. The van der Waals surface area contributed by atoms with E-state index >= 15 is 0 Å². The Morgan fingerprint density at radius 2 is 0.591 bits per heavy atom. The Hall–Kier alpha value is -6.97. The number of hydrogen-bond donors (Lipinski definition) is 0. The van der Waals surface area contributed by atoms with E-state index < -0.39 is 0 Å². The molecule has 8 aliphatic rings. The van der Waals surface area contributed by atoms with Crippen molar-refractivity contribution in [3.63, 3.8) is 0 Å². The van der Waals surface area contributed by atoms with Gasteiger partial charge in [-0.2, -0.15) is 0 Å². The summed E-state index contributed by atoms with van der Waals surface area (Å²) >= 11 is 2.52. The third kappa shape index (κ3) is 1.15. The Morgan fingerprint density at radius 1 is 0.303 bits per heavy atom. The molecule has 6 aliphatic carbocycles. The van der Waals surface area contributed by atoms with Crippen LogP contribution in [0.3, 0.4) is 0 Å². The van der Waals surface area contributed by atoms with Crippen molar-refractivity contribution in [2.24, 2.45) is 0 Å². The van der Waals surface area contributed by atoms with Crippen molar-refractivity contribution >= 4 is 281 Å². The van der Waals surface area contributed by atoms with E-state index in [1.165, 1.54) is 12.3 Å². The van der Waals surface area contributed by atoms with E-state index in [1.54, 1.807) is 264 Å². The van der Waals surface area contributed by atoms with Gasteiger partial charge in [0, 0.05) is 35.1 Å². The highest BCUT2D eigenvalue weighted by Gasteiger charge is 2.87. The second kappa shape index (κ2) is 5.17. The van der Waals surface area contributed by atoms with Crippen LogP contribution in [0.4, 0.5) is 0 Å². The summed E-state index contributed by atoms with van der Waals surface area (Å²) in [5, 5.41) is 86.0. The maximum atomic E-state index is 3.01. The maximum Gasteiger partial charge on any atom is 0.0655 e. The minimum absolute atomic E-state index is 0.0138. The minimum atomic E-state index is -0.0705. The molecule has 2 fully saturated rings. The van der Waals surface area contributed by atoms with Crippen LogP contribution >= 0.6 is 11.8 Å². The molecule has 26 aromatic rings. The molecular weight excluding hydrogens is 815 g/mol. The van der Waals surface area contributed by atoms with Crippen LogP contribution in [0.5, 0.6) is 0 Å². The van der Waals surface area contributed by atoms with Gasteiger partial charge in [0.15, 0.2) is 0 Å². The molecule has 276 valence electrons. The van der Waals surface area contributed by atoms with Crippen LogP contribution in [0.1, 0.15) is 39.3 Å². The summed E-state index contributed by atoms with van der Waals surface area (Å²) < 4.78 is -0.0293. The Kier molecular flexibility index (Phi) is 1.88. The molecule has 2 heterocycles. The molecule has 2 aliphatic heterocycles. The molecule has 66 heavy (non-hydrogen) atoms. The summed E-state index contributed by atoms with van der Waals surface area (Å²) in [6.07, 6.45) is 0. The highest BCUT2D eigenvalue weighted by molar-refractivity contribution is 8.00. The molecule has 0 bridgehead atoms. The van der Waals surface area contributed by atoms with E-state index in [0.717, 1.165) is 0 Å². The van der Waals surface area contributed by atoms with Crippen molar-refractivity contribution in [2.45, 2.75) is 27.5 Å². The minimum Gasteiger partial charge on any atom is -0.300 e. The molecular formula is C64H9NS. The first-order chi connectivity index (χ1) is 32.8. The van der Waals surface area contributed by atoms with Gasteiger partial charge in [0.1, 0.15) is 0 Å². The number of hydrogen-bond acceptors (Lipinski definition) is 2. The number of benzene rings is 17. The lowest BCUT2D eigenvalue weighted by Crippen LogP contribution is -2.63. The first kappa shape index (κ1) is 24.0. The fourth-order valence-electron chi connectivity index (χ4n) is 26.7. The van der Waals surface area contributed by atoms with Crippen molar-refractivity contribution in [3.05, 3.63) is 33.4 Å². The Labute approximate surface area is 364 Å². The molecule has 3 spiro atoms. The molecule has 0 amide bonds. The van der Waals surface area contributed by atoms with Crippen molar-refractivity contribution < 1.29 is 0 Å². The lowest BCUT2D eigenvalue weighted by Gasteiger charge is -2.60. The van der Waals surface area contributed by atoms with Crippen molar-refractivity contribution in [1.29, 1.82) is 0 Å². The molecule has 0 radical (unpaired) electrons. The van der Waals surface area contributed by atoms with E-state index in [4.69, 9.17) is 0 Å². The highest BCUT2D eigenvalue weighted by Crippen LogP contribution is 2.93. The van der Waals surface area contributed by atoms with Gasteiger partial charge in [0.25, 0.3) is 0 Å². The van der Waals surface area contributed by atoms with Crippen molar-refractivity contribution in [2.75, 3.05) is 19.3 Å². The summed E-state index contributed by atoms with van der Waals surface area (Å²) in [7, 11) is 2.62. The zero-order valence-electron chi connectivity index (χ0n) is 33.9. The molecule has 2 heteroatoms. The number of thioether (sulfide) groups is 1. The molecule has 5 unspecified atom stereocenters. The largest absolute Gasteiger partial charge is 0.300 e. The summed E-state index contributed by atoms with van der Waals surface area (Å²) in [6.45, 7) is 1.17. The highest BCUT2D eigenvalue weighted by atomic mass is 32.2. The average molecular weight is 824 g/mol. The van der Waals surface area contributed by atoms with Gasteiger partial charge in [-0.3, -0.25) is 0 Å². The van der Waals surface area contributed by atoms with Gasteiger partial charge in [-0.1, -0.05) is 0 Å². The molecule has 26 aromatic carbocycles. The molecule has 0 aromatic heterocycles. The summed E-state index contributed by atoms with van der Waals surface area (Å²) in [4.78, 5) is 3.01. The topological polar surface area (TPSA) is 3.24 Å². The first-order valence-corrected chi connectivity index (χ1v) is 26.2. The summed E-state index contributed by atoms with van der Waals surface area (Å²) in [5.74, 6) is 1.65. The Balaban J connectivity index is 1.25. The molecule has 0 saturated carbocycles. The fourth-order valence-corrected chi connectivity index (χ4v) is 29.0. The summed E-state index contributed by atoms with van der Waals surface area (Å²) in [5.41, 5.74) is 11.1. The maximum absolute atomic E-state index is 3.01. The molecule has 5 atom stereocenters. The zero-order chi connectivity index (χ0) is 38.7. The van der Waals surface area contributed by atoms with Crippen LogP contribution in [-0.4, -0.2) is 30.3 Å². The Bertz CT molecular complexity index is 7150. The third-order valence-electron chi connectivity index (χ3n) is 26.2. The normalized spacial score (nSPS) is 29.2. The lowest BCUT2D eigenvalue weighted by atomic mass is 9.42. The second-order valence-electron chi connectivity index (χ2n) is 25.7. The van der Waals surface area contributed by atoms with E-state index in [1.807, 2.05) is 38.8 Å². The van der Waals surface area contributed by atoms with Crippen LogP contribution in [0.2, 0.25) is 0 Å². The second-order valence-corrected chi connectivity index (χ2v) is 27.0. The van der Waals surface area contributed by atoms with Gasteiger partial charge in [-0.25, -0.2) is 0 Å². The predicted octanol–water partition coefficient (Wildman–Crippen LogP) is 16.0. The monoisotopic (exact) mass is 823 g/mol. The molecule has 34 rings (SSSR count). The van der Waals surface area contributed by atoms with Crippen LogP contribution in [0.15, 0.2) is 0 Å². The van der Waals surface area contributed by atoms with E-state index in [-0.39, 0.29) is 15.6 Å². The summed E-state index contributed by atoms with van der Waals surface area (Å²) in [6, 6.07) is 0.510. The lowest BCUT2D eigenvalue weighted by molar-refractivity contribution is 0.190. The van der Waals surface area contributed by atoms with Crippen molar-refractivity contribution in [3.8, 4) is 0 Å². The Morgan fingerprint density at radius 3 is 1.00 bits per heavy atom. The van der Waals surface area contributed by atoms with E-state index in [0.29, 0.717) is 12.0 Å². The number of rotatable bonds is 0. The van der Waals surface area contributed by atoms with Crippen LogP contribution in [0.25, 0.3) is 269 Å². The molecule has 2 saturated heterocycles. The molecule has 0 N–H and O–H groups in total. The smallest absolute Gasteiger partial charge is 0.0655 e. The standard InChI is InChI=1S/C64H9NS/c1-65-3-62-57-51-41-31-21-12-7-5-6-8-10-9(7)18-24-19(10)27-26-17(8)20-14(6)16-15-11(5)13(12)23-28-22(15)30-29(16)34-33(20)40-37(26)46-39(27)44-36(24)43(35(41)25(18)21)53(57)54(44)59-56(46)61-49(40)48(34)50-45(30)47-38(28)42(32(23)31)52(51)58(62)55(47)60(50)64(61)63(59,62)4(65)2-66-64/h4,60H,2-3H2,1H3. The molecule has 1 nitrogen and oxygen atoms in total. The van der Waals surface area contributed by atoms with Gasteiger partial charge in [0.2, 0.25) is 0 Å². The SMILES string of the molecule is CN1CC23c4c5c6c7c8c9c%10c%11c%12c(c%13c%14c2c2c4c4c6c6c%15c7c7c9c9c%10c%10c%12c%12c%13c%13c%14c%14c2c2c4c6c4c6c%15c7c7c9c9c%10c%12c%10c%13c%12c%14c2c4c2c%12c%10c9c7c62)C32C1CSC%112C58. The van der Waals surface area contributed by atoms with Gasteiger partial charge >= 0.3 is 0 Å². The number of likely N-dealkylation sites (N-methyl/N-ethyl adjacent to an activating group) is 1. The predicted molar refractivity (Wildman–Crippen MR) is 279 cm³/mol. The number of nitrogens with zero attached hydrogens (tertiary/aromatic N) is 1. The quantitative estimate of drug-likeness (QED) is 0.140. The van der Waals surface area contributed by atoms with Crippen LogP contribution < -0.4 is 0 Å². The van der Waals surface area contributed by atoms with Crippen LogP contribution in [-0.2, 0) is 15.6 Å². The van der Waals surface area contributed by atoms with Gasteiger partial charge < -0.3 is 4.90 Å². The average Bonchev–Trinajstić information content (AvgIpc) is 4.14. The van der Waals surface area contributed by atoms with Crippen molar-refractivity contribution in [1.82, 2.24) is 4.90 Å². The first-order valence-electron chi connectivity index (χ1n) is 25.2. The van der Waals surface area contributed by atoms with Crippen LogP contribution in [0, 0.1) is 0 Å². The zero-order valence-corrected chi connectivity index (χ0v) is 34.7. The van der Waals surface area contributed by atoms with E-state index in [2.05, 4.69) is 23.7 Å².